The molecular weight excluding hydrogens is 216 g/mol. The zero-order valence-corrected chi connectivity index (χ0v) is 10.4. The molecule has 0 heterocycles. The lowest BCUT2D eigenvalue weighted by Crippen LogP contribution is -2.18. The molecule has 11 heavy (non-hydrogen) atoms. The number of rotatable bonds is 5. The van der Waals surface area contributed by atoms with Crippen molar-refractivity contribution in [2.75, 3.05) is 11.6 Å². The highest BCUT2D eigenvalue weighted by molar-refractivity contribution is 8.28. The van der Waals surface area contributed by atoms with E-state index in [1.807, 2.05) is 23.5 Å². The van der Waals surface area contributed by atoms with Gasteiger partial charge in [0.15, 0.2) is 0 Å². The molecule has 0 spiro atoms. The van der Waals surface area contributed by atoms with Gasteiger partial charge in [-0.15, -0.1) is 35.1 Å². The van der Waals surface area contributed by atoms with E-state index in [-0.39, 0.29) is 4.75 Å². The minimum atomic E-state index is 0.149. The molecule has 0 saturated heterocycles. The van der Waals surface area contributed by atoms with Crippen molar-refractivity contribution in [1.82, 2.24) is 0 Å². The zero-order chi connectivity index (χ0) is 8.91. The molecule has 0 bridgehead atoms. The Labute approximate surface area is 88.6 Å². The van der Waals surface area contributed by atoms with Gasteiger partial charge in [-0.3, -0.25) is 0 Å². The Hall–Kier alpha value is 1.34. The van der Waals surface area contributed by atoms with E-state index in [1.54, 1.807) is 0 Å². The summed E-state index contributed by atoms with van der Waals surface area (Å²) >= 11 is 13.9. The standard InChI is InChI=1S/C7H15ClS3/c1-4-10-6(9)11-7(2,3)5-8/h6,9H,4-5H2,1-3H3/t6-/m0/s1. The van der Waals surface area contributed by atoms with Crippen LogP contribution in [0.4, 0.5) is 0 Å². The Morgan fingerprint density at radius 1 is 1.55 bits per heavy atom. The van der Waals surface area contributed by atoms with Crippen molar-refractivity contribution in [3.05, 3.63) is 0 Å². The molecule has 0 aromatic carbocycles. The summed E-state index contributed by atoms with van der Waals surface area (Å²) in [6, 6.07) is 0. The Kier molecular flexibility index (Phi) is 6.61. The third kappa shape index (κ3) is 6.50. The van der Waals surface area contributed by atoms with Crippen molar-refractivity contribution in [1.29, 1.82) is 0 Å². The van der Waals surface area contributed by atoms with Gasteiger partial charge in [-0.25, -0.2) is 0 Å². The van der Waals surface area contributed by atoms with Crippen molar-refractivity contribution in [3.8, 4) is 0 Å². The van der Waals surface area contributed by atoms with E-state index >= 15 is 0 Å². The lowest BCUT2D eigenvalue weighted by Gasteiger charge is -2.23. The van der Waals surface area contributed by atoms with Gasteiger partial charge in [0.25, 0.3) is 0 Å². The Morgan fingerprint density at radius 3 is 2.45 bits per heavy atom. The molecule has 4 heteroatoms. The molecule has 0 aromatic heterocycles. The Bertz CT molecular complexity index is 106. The van der Waals surface area contributed by atoms with Crippen molar-refractivity contribution in [2.24, 2.45) is 0 Å². The molecule has 68 valence electrons. The average molecular weight is 231 g/mol. The maximum absolute atomic E-state index is 5.77. The lowest BCUT2D eigenvalue weighted by molar-refractivity contribution is 0.813. The van der Waals surface area contributed by atoms with Crippen molar-refractivity contribution in [3.63, 3.8) is 0 Å². The van der Waals surface area contributed by atoms with Gasteiger partial charge in [0.1, 0.15) is 0 Å². The summed E-state index contributed by atoms with van der Waals surface area (Å²) < 4.78 is 0.504. The topological polar surface area (TPSA) is 0 Å². The summed E-state index contributed by atoms with van der Waals surface area (Å²) in [6.45, 7) is 6.43. The number of thioether (sulfide) groups is 2. The smallest absolute Gasteiger partial charge is 0.0933 e. The molecule has 0 N–H and O–H groups in total. The fourth-order valence-electron chi connectivity index (χ4n) is 0.481. The van der Waals surface area contributed by atoms with Gasteiger partial charge in [0.05, 0.1) is 3.91 Å². The predicted molar refractivity (Wildman–Crippen MR) is 63.3 cm³/mol. The van der Waals surface area contributed by atoms with Crippen LogP contribution in [0.3, 0.4) is 0 Å². The minimum absolute atomic E-state index is 0.149. The SMILES string of the molecule is CCS[C@H](S)SC(C)(C)CCl. The number of hydrogen-bond acceptors (Lipinski definition) is 3. The van der Waals surface area contributed by atoms with Crippen LogP contribution in [0, 0.1) is 0 Å². The van der Waals surface area contributed by atoms with E-state index in [9.17, 15) is 0 Å². The lowest BCUT2D eigenvalue weighted by atomic mass is 10.2. The van der Waals surface area contributed by atoms with E-state index < -0.39 is 0 Å². The van der Waals surface area contributed by atoms with Crippen molar-refractivity contribution in [2.45, 2.75) is 29.4 Å². The van der Waals surface area contributed by atoms with Crippen LogP contribution in [0.25, 0.3) is 0 Å². The highest BCUT2D eigenvalue weighted by Crippen LogP contribution is 2.37. The molecule has 0 rings (SSSR count). The first-order chi connectivity index (χ1) is 5.02. The predicted octanol–water partition coefficient (Wildman–Crippen LogP) is 3.70. The van der Waals surface area contributed by atoms with E-state index in [1.165, 1.54) is 0 Å². The average Bonchev–Trinajstić information content (AvgIpc) is 1.87. The first-order valence-corrected chi connectivity index (χ1v) is 6.53. The second-order valence-electron chi connectivity index (χ2n) is 2.77. The van der Waals surface area contributed by atoms with Crippen LogP contribution in [0.2, 0.25) is 0 Å². The summed E-state index contributed by atoms with van der Waals surface area (Å²) in [5.74, 6) is 1.79. The molecule has 0 aliphatic carbocycles. The monoisotopic (exact) mass is 230 g/mol. The Balaban J connectivity index is 3.64. The number of alkyl halides is 1. The van der Waals surface area contributed by atoms with Gasteiger partial charge in [0, 0.05) is 10.6 Å². The summed E-state index contributed by atoms with van der Waals surface area (Å²) in [5.41, 5.74) is 0. The summed E-state index contributed by atoms with van der Waals surface area (Å²) in [4.78, 5) is 0. The highest BCUT2D eigenvalue weighted by Gasteiger charge is 2.20. The zero-order valence-electron chi connectivity index (χ0n) is 7.13. The second kappa shape index (κ2) is 5.90. The second-order valence-corrected chi connectivity index (χ2v) is 7.75. The molecule has 0 amide bonds. The van der Waals surface area contributed by atoms with E-state index in [0.29, 0.717) is 9.79 Å². The van der Waals surface area contributed by atoms with Crippen LogP contribution in [-0.2, 0) is 0 Å². The van der Waals surface area contributed by atoms with Crippen LogP contribution in [0.15, 0.2) is 0 Å². The fourth-order valence-corrected chi connectivity index (χ4v) is 4.33. The summed E-state index contributed by atoms with van der Waals surface area (Å²) in [6.07, 6.45) is 0. The molecule has 0 aliphatic heterocycles. The quantitative estimate of drug-likeness (QED) is 0.435. The van der Waals surface area contributed by atoms with E-state index in [0.717, 1.165) is 5.75 Å². The molecule has 0 radical (unpaired) electrons. The van der Waals surface area contributed by atoms with E-state index in [4.69, 9.17) is 11.6 Å². The van der Waals surface area contributed by atoms with Gasteiger partial charge in [-0.1, -0.05) is 6.92 Å². The molecule has 0 unspecified atom stereocenters. The van der Waals surface area contributed by atoms with Gasteiger partial charge in [-0.05, 0) is 19.6 Å². The van der Waals surface area contributed by atoms with Gasteiger partial charge < -0.3 is 0 Å². The van der Waals surface area contributed by atoms with E-state index in [2.05, 4.69) is 33.4 Å². The summed E-state index contributed by atoms with van der Waals surface area (Å²) in [5, 5.41) is 0. The van der Waals surface area contributed by atoms with Crippen LogP contribution in [0.1, 0.15) is 20.8 Å². The van der Waals surface area contributed by atoms with Crippen molar-refractivity contribution >= 4 is 47.8 Å². The maximum atomic E-state index is 5.77. The van der Waals surface area contributed by atoms with Crippen molar-refractivity contribution < 1.29 is 0 Å². The van der Waals surface area contributed by atoms with Crippen LogP contribution in [-0.4, -0.2) is 20.3 Å². The molecular formula is C7H15ClS3. The maximum Gasteiger partial charge on any atom is 0.0933 e. The fraction of sp³-hybridized carbons (Fsp3) is 1.00. The number of halogens is 1. The molecule has 0 saturated carbocycles. The highest BCUT2D eigenvalue weighted by atomic mass is 35.5. The molecule has 0 aliphatic rings. The largest absolute Gasteiger partial charge is 0.154 e. The van der Waals surface area contributed by atoms with Gasteiger partial charge in [-0.2, -0.15) is 12.6 Å². The number of thiol groups is 1. The molecule has 1 atom stereocenters. The van der Waals surface area contributed by atoms with Gasteiger partial charge >= 0.3 is 0 Å². The normalized spacial score (nSPS) is 15.0. The minimum Gasteiger partial charge on any atom is -0.154 e. The van der Waals surface area contributed by atoms with Gasteiger partial charge in [0.2, 0.25) is 0 Å². The first kappa shape index (κ1) is 12.3. The van der Waals surface area contributed by atoms with Crippen LogP contribution >= 0.6 is 47.8 Å². The molecule has 0 nitrogen and oxygen atoms in total. The first-order valence-electron chi connectivity index (χ1n) is 3.55. The molecule has 0 aromatic rings. The third-order valence-electron chi connectivity index (χ3n) is 1.05. The number of hydrogen-bond donors (Lipinski definition) is 1. The third-order valence-corrected chi connectivity index (χ3v) is 4.94. The Morgan fingerprint density at radius 2 is 2.09 bits per heavy atom. The van der Waals surface area contributed by atoms with Crippen LogP contribution < -0.4 is 0 Å². The molecule has 0 fully saturated rings. The van der Waals surface area contributed by atoms with Crippen LogP contribution in [0.5, 0.6) is 0 Å². The summed E-state index contributed by atoms with van der Waals surface area (Å²) in [7, 11) is 0.